The van der Waals surface area contributed by atoms with Gasteiger partial charge in [0, 0.05) is 29.3 Å². The summed E-state index contributed by atoms with van der Waals surface area (Å²) >= 11 is 0. The fourth-order valence-electron chi connectivity index (χ4n) is 1.27. The Morgan fingerprint density at radius 2 is 1.79 bits per heavy atom. The van der Waals surface area contributed by atoms with Gasteiger partial charge in [0.1, 0.15) is 0 Å². The van der Waals surface area contributed by atoms with Gasteiger partial charge in [-0.15, -0.1) is 0 Å². The number of hydrogen-bond donors (Lipinski definition) is 3. The summed E-state index contributed by atoms with van der Waals surface area (Å²) in [4.78, 5) is 22.2. The number of aliphatic carboxylic acids is 2. The SMILES string of the molecule is N#Cc1ccc2[nH]ccc2c1.O=C(O)/C=C\C(=O)O. The molecule has 0 spiro atoms. The van der Waals surface area contributed by atoms with Gasteiger partial charge in [0.05, 0.1) is 11.6 Å². The van der Waals surface area contributed by atoms with E-state index in [4.69, 9.17) is 15.5 Å². The molecular weight excluding hydrogens is 248 g/mol. The van der Waals surface area contributed by atoms with E-state index in [2.05, 4.69) is 11.1 Å². The van der Waals surface area contributed by atoms with E-state index in [1.165, 1.54) is 0 Å². The number of benzene rings is 1. The Kier molecular flexibility index (Phi) is 4.87. The van der Waals surface area contributed by atoms with E-state index >= 15 is 0 Å². The van der Waals surface area contributed by atoms with E-state index in [9.17, 15) is 9.59 Å². The average Bonchev–Trinajstić information content (AvgIpc) is 2.84. The number of H-pyrrole nitrogens is 1. The van der Waals surface area contributed by atoms with Crippen molar-refractivity contribution >= 4 is 22.8 Å². The average molecular weight is 258 g/mol. The third kappa shape index (κ3) is 4.75. The summed E-state index contributed by atoms with van der Waals surface area (Å²) in [5, 5.41) is 25.3. The van der Waals surface area contributed by atoms with Crippen LogP contribution in [0.3, 0.4) is 0 Å². The summed E-state index contributed by atoms with van der Waals surface area (Å²) in [6.07, 6.45) is 2.98. The molecule has 6 heteroatoms. The molecule has 0 saturated heterocycles. The first-order chi connectivity index (χ1) is 9.02. The van der Waals surface area contributed by atoms with E-state index < -0.39 is 11.9 Å². The normalized spacial score (nSPS) is 9.63. The number of nitrogens with zero attached hydrogens (tertiary/aromatic N) is 1. The Hall–Kier alpha value is -3.07. The van der Waals surface area contributed by atoms with Crippen molar-refractivity contribution in [2.24, 2.45) is 0 Å². The standard InChI is InChI=1S/C9H6N2.C4H4O4/c10-6-7-1-2-9-8(5-7)3-4-11-9;5-3(6)1-2-4(7)8/h1-5,11H;1-2H,(H,5,6)(H,7,8)/b;2-1-. The molecule has 0 aliphatic heterocycles. The number of carbonyl (C=O) groups is 2. The fourth-order valence-corrected chi connectivity index (χ4v) is 1.27. The molecule has 3 N–H and O–H groups in total. The molecule has 19 heavy (non-hydrogen) atoms. The van der Waals surface area contributed by atoms with Gasteiger partial charge >= 0.3 is 11.9 Å². The third-order valence-electron chi connectivity index (χ3n) is 2.05. The van der Waals surface area contributed by atoms with Crippen molar-refractivity contribution in [3.63, 3.8) is 0 Å². The van der Waals surface area contributed by atoms with Gasteiger partial charge in [0.2, 0.25) is 0 Å². The zero-order valence-electron chi connectivity index (χ0n) is 9.70. The lowest BCUT2D eigenvalue weighted by Crippen LogP contribution is -1.91. The molecular formula is C13H10N2O4. The third-order valence-corrected chi connectivity index (χ3v) is 2.05. The maximum absolute atomic E-state index is 9.55. The minimum absolute atomic E-state index is 0.558. The molecule has 0 radical (unpaired) electrons. The van der Waals surface area contributed by atoms with Crippen molar-refractivity contribution < 1.29 is 19.8 Å². The molecule has 0 atom stereocenters. The van der Waals surface area contributed by atoms with Crippen LogP contribution in [0.5, 0.6) is 0 Å². The Balaban J connectivity index is 0.000000203. The molecule has 2 rings (SSSR count). The van der Waals surface area contributed by atoms with Crippen molar-refractivity contribution in [1.82, 2.24) is 4.98 Å². The minimum atomic E-state index is -1.26. The summed E-state index contributed by atoms with van der Waals surface area (Å²) in [6, 6.07) is 9.63. The molecule has 0 unspecified atom stereocenters. The van der Waals surface area contributed by atoms with Crippen molar-refractivity contribution in [2.45, 2.75) is 0 Å². The highest BCUT2D eigenvalue weighted by Gasteiger charge is 1.94. The second-order valence-electron chi connectivity index (χ2n) is 3.40. The molecule has 1 aromatic carbocycles. The zero-order chi connectivity index (χ0) is 14.3. The minimum Gasteiger partial charge on any atom is -0.478 e. The molecule has 1 aromatic heterocycles. The molecule has 1 heterocycles. The summed E-state index contributed by atoms with van der Waals surface area (Å²) < 4.78 is 0. The highest BCUT2D eigenvalue weighted by atomic mass is 16.4. The van der Waals surface area contributed by atoms with E-state index in [-0.39, 0.29) is 0 Å². The van der Waals surface area contributed by atoms with E-state index in [1.807, 2.05) is 24.4 Å². The Bertz CT molecular complexity index is 649. The van der Waals surface area contributed by atoms with Gasteiger partial charge in [0.15, 0.2) is 0 Å². The van der Waals surface area contributed by atoms with Crippen LogP contribution in [0.25, 0.3) is 10.9 Å². The van der Waals surface area contributed by atoms with Crippen LogP contribution >= 0.6 is 0 Å². The Labute approximate surface area is 108 Å². The molecule has 6 nitrogen and oxygen atoms in total. The van der Waals surface area contributed by atoms with Crippen LogP contribution in [0.1, 0.15) is 5.56 Å². The van der Waals surface area contributed by atoms with Crippen molar-refractivity contribution in [3.8, 4) is 6.07 Å². The van der Waals surface area contributed by atoms with E-state index in [0.29, 0.717) is 17.7 Å². The lowest BCUT2D eigenvalue weighted by atomic mass is 10.2. The topological polar surface area (TPSA) is 114 Å². The van der Waals surface area contributed by atoms with Crippen LogP contribution in [0, 0.1) is 11.3 Å². The largest absolute Gasteiger partial charge is 0.478 e. The predicted octanol–water partition coefficient (Wildman–Crippen LogP) is 1.75. The fraction of sp³-hybridized carbons (Fsp3) is 0. The zero-order valence-corrected chi connectivity index (χ0v) is 9.70. The second-order valence-corrected chi connectivity index (χ2v) is 3.40. The number of carboxylic acid groups (broad SMARTS) is 2. The molecule has 0 fully saturated rings. The van der Waals surface area contributed by atoms with Gasteiger partial charge in [-0.25, -0.2) is 9.59 Å². The summed E-state index contributed by atoms with van der Waals surface area (Å²) in [6.45, 7) is 0. The summed E-state index contributed by atoms with van der Waals surface area (Å²) in [5.74, 6) is -2.51. The predicted molar refractivity (Wildman–Crippen MR) is 67.4 cm³/mol. The van der Waals surface area contributed by atoms with Crippen LogP contribution in [0.15, 0.2) is 42.6 Å². The number of hydrogen-bond acceptors (Lipinski definition) is 3. The summed E-state index contributed by atoms with van der Waals surface area (Å²) in [7, 11) is 0. The van der Waals surface area contributed by atoms with Crippen molar-refractivity contribution in [2.75, 3.05) is 0 Å². The van der Waals surface area contributed by atoms with Gasteiger partial charge in [-0.2, -0.15) is 5.26 Å². The number of nitrogens with one attached hydrogen (secondary N) is 1. The molecule has 0 aliphatic rings. The van der Waals surface area contributed by atoms with Crippen molar-refractivity contribution in [1.29, 1.82) is 5.26 Å². The molecule has 0 aliphatic carbocycles. The molecule has 0 amide bonds. The van der Waals surface area contributed by atoms with Gasteiger partial charge in [-0.05, 0) is 24.3 Å². The Morgan fingerprint density at radius 3 is 2.32 bits per heavy atom. The van der Waals surface area contributed by atoms with E-state index in [1.54, 1.807) is 6.07 Å². The van der Waals surface area contributed by atoms with Crippen LogP contribution in [-0.4, -0.2) is 27.1 Å². The second kappa shape index (κ2) is 6.61. The lowest BCUT2D eigenvalue weighted by Gasteiger charge is -1.88. The number of aromatic nitrogens is 1. The van der Waals surface area contributed by atoms with E-state index in [0.717, 1.165) is 10.9 Å². The number of aromatic amines is 1. The van der Waals surface area contributed by atoms with Crippen LogP contribution in [0.4, 0.5) is 0 Å². The number of rotatable bonds is 2. The quantitative estimate of drug-likeness (QED) is 0.710. The van der Waals surface area contributed by atoms with Gasteiger partial charge in [-0.3, -0.25) is 0 Å². The van der Waals surface area contributed by atoms with Gasteiger partial charge in [0.25, 0.3) is 0 Å². The smallest absolute Gasteiger partial charge is 0.328 e. The van der Waals surface area contributed by atoms with Crippen molar-refractivity contribution in [3.05, 3.63) is 48.2 Å². The van der Waals surface area contributed by atoms with Gasteiger partial charge in [-0.1, -0.05) is 0 Å². The maximum Gasteiger partial charge on any atom is 0.328 e. The van der Waals surface area contributed by atoms with Crippen LogP contribution in [-0.2, 0) is 9.59 Å². The van der Waals surface area contributed by atoms with Crippen LogP contribution < -0.4 is 0 Å². The molecule has 0 saturated carbocycles. The van der Waals surface area contributed by atoms with Gasteiger partial charge < -0.3 is 15.2 Å². The Morgan fingerprint density at radius 1 is 1.16 bits per heavy atom. The summed E-state index contributed by atoms with van der Waals surface area (Å²) in [5.41, 5.74) is 1.78. The first kappa shape index (κ1) is 14.0. The lowest BCUT2D eigenvalue weighted by molar-refractivity contribution is -0.134. The highest BCUT2D eigenvalue weighted by Crippen LogP contribution is 2.12. The number of nitriles is 1. The number of fused-ring (bicyclic) bond motifs is 1. The first-order valence-electron chi connectivity index (χ1n) is 5.14. The highest BCUT2D eigenvalue weighted by molar-refractivity contribution is 5.89. The molecule has 0 bridgehead atoms. The monoisotopic (exact) mass is 258 g/mol. The number of carboxylic acids is 2. The molecule has 96 valence electrons. The maximum atomic E-state index is 9.55. The first-order valence-corrected chi connectivity index (χ1v) is 5.14. The van der Waals surface area contributed by atoms with Crippen LogP contribution in [0.2, 0.25) is 0 Å². The molecule has 2 aromatic rings.